The summed E-state index contributed by atoms with van der Waals surface area (Å²) in [5.74, 6) is 0.532. The Bertz CT molecular complexity index is 1290. The van der Waals surface area contributed by atoms with Gasteiger partial charge in [-0.15, -0.1) is 10.2 Å². The molecule has 0 spiro atoms. The highest BCUT2D eigenvalue weighted by atomic mass is 35.5. The zero-order valence-corrected chi connectivity index (χ0v) is 19.9. The van der Waals surface area contributed by atoms with Crippen molar-refractivity contribution in [2.24, 2.45) is 5.10 Å². The van der Waals surface area contributed by atoms with Gasteiger partial charge in [-0.2, -0.15) is 5.10 Å². The van der Waals surface area contributed by atoms with Gasteiger partial charge in [0.2, 0.25) is 0 Å². The van der Waals surface area contributed by atoms with Crippen molar-refractivity contribution in [3.05, 3.63) is 94.0 Å². The third kappa shape index (κ3) is 5.63. The van der Waals surface area contributed by atoms with Gasteiger partial charge in [-0.3, -0.25) is 9.36 Å². The fourth-order valence-electron chi connectivity index (χ4n) is 3.02. The first-order valence-corrected chi connectivity index (χ1v) is 11.7. The molecule has 166 valence electrons. The van der Waals surface area contributed by atoms with Crippen LogP contribution in [0.25, 0.3) is 17.1 Å². The Kier molecular flexibility index (Phi) is 7.44. The van der Waals surface area contributed by atoms with Gasteiger partial charge in [-0.25, -0.2) is 5.43 Å². The Morgan fingerprint density at radius 2 is 1.79 bits per heavy atom. The van der Waals surface area contributed by atoms with Crippen LogP contribution in [0.2, 0.25) is 10.0 Å². The highest BCUT2D eigenvalue weighted by Crippen LogP contribution is 2.28. The van der Waals surface area contributed by atoms with Gasteiger partial charge in [-0.05, 0) is 25.1 Å². The van der Waals surface area contributed by atoms with Crippen molar-refractivity contribution in [3.63, 3.8) is 0 Å². The summed E-state index contributed by atoms with van der Waals surface area (Å²) in [5, 5.41) is 14.1. The molecule has 1 amide bonds. The van der Waals surface area contributed by atoms with Gasteiger partial charge in [-0.1, -0.05) is 95.1 Å². The predicted molar refractivity (Wildman–Crippen MR) is 134 cm³/mol. The van der Waals surface area contributed by atoms with E-state index in [1.54, 1.807) is 18.2 Å². The number of hydrogen-bond donors (Lipinski definition) is 1. The molecule has 6 nitrogen and oxygen atoms in total. The number of hydrazone groups is 1. The molecule has 33 heavy (non-hydrogen) atoms. The second-order valence-electron chi connectivity index (χ2n) is 7.07. The molecule has 0 aliphatic carbocycles. The van der Waals surface area contributed by atoms with Crippen LogP contribution in [0.5, 0.6) is 0 Å². The Hall–Kier alpha value is -3.13. The number of rotatable bonds is 7. The molecule has 4 rings (SSSR count). The molecule has 0 fully saturated rings. The van der Waals surface area contributed by atoms with E-state index in [0.717, 1.165) is 16.8 Å². The van der Waals surface area contributed by atoms with Crippen LogP contribution >= 0.6 is 35.0 Å². The number of nitrogens with zero attached hydrogens (tertiary/aromatic N) is 4. The highest BCUT2D eigenvalue weighted by Gasteiger charge is 2.17. The molecule has 0 bridgehead atoms. The molecule has 1 N–H and O–H groups in total. The van der Waals surface area contributed by atoms with E-state index in [2.05, 4.69) is 20.7 Å². The third-order valence-electron chi connectivity index (χ3n) is 4.66. The van der Waals surface area contributed by atoms with E-state index in [-0.39, 0.29) is 11.7 Å². The van der Waals surface area contributed by atoms with Gasteiger partial charge in [0.15, 0.2) is 11.0 Å². The second-order valence-corrected chi connectivity index (χ2v) is 8.80. The normalized spacial score (nSPS) is 11.1. The van der Waals surface area contributed by atoms with Gasteiger partial charge < -0.3 is 0 Å². The van der Waals surface area contributed by atoms with Crippen LogP contribution in [0.4, 0.5) is 0 Å². The first-order chi connectivity index (χ1) is 16.0. The van der Waals surface area contributed by atoms with Crippen LogP contribution in [-0.4, -0.2) is 32.6 Å². The van der Waals surface area contributed by atoms with Crippen LogP contribution in [-0.2, 0) is 4.79 Å². The van der Waals surface area contributed by atoms with Crippen molar-refractivity contribution in [2.75, 3.05) is 5.75 Å². The number of aryl methyl sites for hydroxylation is 1. The quantitative estimate of drug-likeness (QED) is 0.200. The lowest BCUT2D eigenvalue weighted by Gasteiger charge is -2.10. The first kappa shape index (κ1) is 23.0. The Morgan fingerprint density at radius 1 is 1.03 bits per heavy atom. The van der Waals surface area contributed by atoms with Crippen molar-refractivity contribution in [2.45, 2.75) is 12.1 Å². The summed E-state index contributed by atoms with van der Waals surface area (Å²) in [6.45, 7) is 2.03. The fourth-order valence-corrected chi connectivity index (χ4v) is 4.12. The number of hydrogen-bond acceptors (Lipinski definition) is 5. The number of carbonyl (C=O) groups is 1. The van der Waals surface area contributed by atoms with Crippen LogP contribution < -0.4 is 5.43 Å². The molecule has 4 aromatic rings. The predicted octanol–water partition coefficient (Wildman–Crippen LogP) is 5.79. The van der Waals surface area contributed by atoms with Crippen LogP contribution in [0.1, 0.15) is 11.1 Å². The maximum atomic E-state index is 12.4. The monoisotopic (exact) mass is 495 g/mol. The van der Waals surface area contributed by atoms with E-state index >= 15 is 0 Å². The molecule has 0 aliphatic heterocycles. The van der Waals surface area contributed by atoms with E-state index in [0.29, 0.717) is 26.6 Å². The lowest BCUT2D eigenvalue weighted by atomic mass is 10.2. The Morgan fingerprint density at radius 3 is 2.55 bits per heavy atom. The SMILES string of the molecule is Cc1ccc(-n2c(SCC(=O)N/N=C\c3cccc(Cl)c3Cl)nnc2-c2ccccc2)cc1. The summed E-state index contributed by atoms with van der Waals surface area (Å²) in [6.07, 6.45) is 1.46. The molecule has 9 heteroatoms. The number of carbonyl (C=O) groups excluding carboxylic acids is 1. The average molecular weight is 496 g/mol. The van der Waals surface area contributed by atoms with Crippen LogP contribution in [0.15, 0.2) is 83.1 Å². The first-order valence-electron chi connectivity index (χ1n) is 9.99. The Labute approximate surface area is 205 Å². The summed E-state index contributed by atoms with van der Waals surface area (Å²) in [4.78, 5) is 12.4. The van der Waals surface area contributed by atoms with Crippen LogP contribution in [0, 0.1) is 6.92 Å². The van der Waals surface area contributed by atoms with E-state index in [1.807, 2.05) is 66.1 Å². The second kappa shape index (κ2) is 10.7. The van der Waals surface area contributed by atoms with Gasteiger partial charge in [0.25, 0.3) is 5.91 Å². The topological polar surface area (TPSA) is 72.2 Å². The van der Waals surface area contributed by atoms with E-state index < -0.39 is 0 Å². The molecule has 0 atom stereocenters. The zero-order valence-electron chi connectivity index (χ0n) is 17.6. The lowest BCUT2D eigenvalue weighted by Crippen LogP contribution is -2.20. The largest absolute Gasteiger partial charge is 0.272 e. The van der Waals surface area contributed by atoms with Gasteiger partial charge >= 0.3 is 0 Å². The molecule has 0 saturated heterocycles. The number of aromatic nitrogens is 3. The lowest BCUT2D eigenvalue weighted by molar-refractivity contribution is -0.118. The molecule has 1 aromatic heterocycles. The number of benzene rings is 3. The van der Waals surface area contributed by atoms with Gasteiger partial charge in [0.1, 0.15) is 0 Å². The summed E-state index contributed by atoms with van der Waals surface area (Å²) in [6, 6.07) is 23.1. The smallest absolute Gasteiger partial charge is 0.250 e. The molecular formula is C24H19Cl2N5OS. The maximum Gasteiger partial charge on any atom is 0.250 e. The van der Waals surface area contributed by atoms with Gasteiger partial charge in [0.05, 0.1) is 22.0 Å². The minimum absolute atomic E-state index is 0.111. The van der Waals surface area contributed by atoms with Crippen molar-refractivity contribution in [1.29, 1.82) is 0 Å². The van der Waals surface area contributed by atoms with Crippen molar-refractivity contribution < 1.29 is 4.79 Å². The number of thioether (sulfide) groups is 1. The number of halogens is 2. The molecule has 0 unspecified atom stereocenters. The average Bonchev–Trinajstić information content (AvgIpc) is 3.25. The van der Waals surface area contributed by atoms with E-state index in [1.165, 1.54) is 18.0 Å². The summed E-state index contributed by atoms with van der Waals surface area (Å²) < 4.78 is 1.95. The van der Waals surface area contributed by atoms with E-state index in [4.69, 9.17) is 23.2 Å². The standard InChI is InChI=1S/C24H19Cl2N5OS/c1-16-10-12-19(13-11-16)31-23(17-6-3-2-4-7-17)29-30-24(31)33-15-21(32)28-27-14-18-8-5-9-20(25)22(18)26/h2-14H,15H2,1H3,(H,28,32)/b27-14-. The molecule has 0 aliphatic rings. The van der Waals surface area contributed by atoms with E-state index in [9.17, 15) is 4.79 Å². The van der Waals surface area contributed by atoms with Gasteiger partial charge in [0, 0.05) is 16.8 Å². The number of nitrogens with one attached hydrogen (secondary N) is 1. The zero-order chi connectivity index (χ0) is 23.2. The summed E-state index contributed by atoms with van der Waals surface area (Å²) in [5.41, 5.74) is 6.12. The molecule has 0 radical (unpaired) electrons. The van der Waals surface area contributed by atoms with Crippen molar-refractivity contribution in [3.8, 4) is 17.1 Å². The fraction of sp³-hybridized carbons (Fsp3) is 0.0833. The highest BCUT2D eigenvalue weighted by molar-refractivity contribution is 7.99. The van der Waals surface area contributed by atoms with Crippen LogP contribution in [0.3, 0.4) is 0 Å². The molecule has 3 aromatic carbocycles. The minimum Gasteiger partial charge on any atom is -0.272 e. The summed E-state index contributed by atoms with van der Waals surface area (Å²) >= 11 is 13.4. The van der Waals surface area contributed by atoms with Crippen molar-refractivity contribution >= 4 is 47.1 Å². The third-order valence-corrected chi connectivity index (χ3v) is 6.43. The Balaban J connectivity index is 1.50. The van der Waals surface area contributed by atoms with Crippen molar-refractivity contribution in [1.82, 2.24) is 20.2 Å². The molecular weight excluding hydrogens is 477 g/mol. The number of amides is 1. The minimum atomic E-state index is -0.283. The summed E-state index contributed by atoms with van der Waals surface area (Å²) in [7, 11) is 0. The molecule has 1 heterocycles. The molecule has 0 saturated carbocycles. The maximum absolute atomic E-state index is 12.4.